The van der Waals surface area contributed by atoms with Crippen molar-refractivity contribution in [1.82, 2.24) is 10.2 Å². The molecule has 2 amide bonds. The van der Waals surface area contributed by atoms with Gasteiger partial charge in [0.05, 0.1) is 13.0 Å². The third-order valence-electron chi connectivity index (χ3n) is 5.18. The molecule has 0 bridgehead atoms. The van der Waals surface area contributed by atoms with Crippen LogP contribution in [0.25, 0.3) is 0 Å². The van der Waals surface area contributed by atoms with E-state index in [1.807, 2.05) is 65.4 Å². The summed E-state index contributed by atoms with van der Waals surface area (Å²) >= 11 is 2.98. The zero-order valence-electron chi connectivity index (χ0n) is 18.7. The number of hydrogen-bond acceptors (Lipinski definition) is 6. The fourth-order valence-corrected chi connectivity index (χ4v) is 4.84. The van der Waals surface area contributed by atoms with Gasteiger partial charge >= 0.3 is 12.1 Å². The van der Waals surface area contributed by atoms with Crippen LogP contribution in [-0.2, 0) is 33.9 Å². The van der Waals surface area contributed by atoms with Crippen LogP contribution >= 0.6 is 22.7 Å². The number of benzene rings is 1. The summed E-state index contributed by atoms with van der Waals surface area (Å²) in [5.74, 6) is -1.22. The molecule has 1 atom stereocenters. The van der Waals surface area contributed by atoms with Crippen molar-refractivity contribution in [2.45, 2.75) is 44.9 Å². The van der Waals surface area contributed by atoms with Gasteiger partial charge in [0, 0.05) is 16.3 Å². The summed E-state index contributed by atoms with van der Waals surface area (Å²) in [5, 5.41) is 16.4. The molecule has 34 heavy (non-hydrogen) atoms. The van der Waals surface area contributed by atoms with Crippen LogP contribution < -0.4 is 5.32 Å². The number of nitrogens with one attached hydrogen (secondary N) is 1. The molecule has 0 spiro atoms. The largest absolute Gasteiger partial charge is 0.480 e. The number of hydrogen-bond donors (Lipinski definition) is 2. The van der Waals surface area contributed by atoms with Gasteiger partial charge in [-0.3, -0.25) is 4.79 Å². The van der Waals surface area contributed by atoms with Crippen LogP contribution in [0.1, 0.15) is 34.6 Å². The lowest BCUT2D eigenvalue weighted by Crippen LogP contribution is -2.45. The van der Waals surface area contributed by atoms with Crippen LogP contribution in [0.3, 0.4) is 0 Å². The monoisotopic (exact) mass is 500 g/mol. The number of carbonyl (C=O) groups is 3. The van der Waals surface area contributed by atoms with E-state index in [1.54, 1.807) is 0 Å². The van der Waals surface area contributed by atoms with Gasteiger partial charge in [-0.25, -0.2) is 9.59 Å². The van der Waals surface area contributed by atoms with Gasteiger partial charge in [-0.2, -0.15) is 0 Å². The van der Waals surface area contributed by atoms with E-state index in [9.17, 15) is 19.5 Å². The number of amides is 2. The number of thiophene rings is 2. The van der Waals surface area contributed by atoms with Crippen molar-refractivity contribution in [3.8, 4) is 0 Å². The van der Waals surface area contributed by atoms with E-state index < -0.39 is 18.1 Å². The number of alkyl carbamates (subject to hydrolysis) is 1. The average molecular weight is 501 g/mol. The van der Waals surface area contributed by atoms with Crippen LogP contribution in [0, 0.1) is 0 Å². The molecule has 9 heteroatoms. The maximum absolute atomic E-state index is 13.1. The number of nitrogens with zero attached hydrogens (tertiary/aromatic N) is 1. The molecular weight excluding hydrogens is 472 g/mol. The molecule has 0 aliphatic carbocycles. The average Bonchev–Trinajstić information content (AvgIpc) is 3.54. The molecule has 2 N–H and O–H groups in total. The number of carbonyl (C=O) groups excluding carboxylic acids is 2. The molecule has 0 saturated carbocycles. The minimum absolute atomic E-state index is 0.182. The molecule has 0 radical (unpaired) electrons. The van der Waals surface area contributed by atoms with E-state index in [4.69, 9.17) is 4.74 Å². The van der Waals surface area contributed by atoms with E-state index >= 15 is 0 Å². The summed E-state index contributed by atoms with van der Waals surface area (Å²) in [6.07, 6.45) is 1.10. The topological polar surface area (TPSA) is 95.9 Å². The highest BCUT2D eigenvalue weighted by atomic mass is 32.1. The summed E-state index contributed by atoms with van der Waals surface area (Å²) in [6.45, 7) is 0.828. The Balaban J connectivity index is 1.48. The molecule has 2 aromatic heterocycles. The summed E-state index contributed by atoms with van der Waals surface area (Å²) in [6, 6.07) is 16.0. The first-order valence-electron chi connectivity index (χ1n) is 11.0. The molecular formula is C25H28N2O5S2. The highest BCUT2D eigenvalue weighted by molar-refractivity contribution is 7.10. The standard InChI is InChI=1S/C25H28N2O5S2/c28-23(16-20-10-6-14-33-20)27(17-21-11-7-15-34-21)22(24(29)30)12-4-5-13-26-25(31)32-18-19-8-2-1-3-9-19/h1-3,6-11,14-15,22H,4-5,12-13,16-18H2,(H,26,31)(H,29,30). The van der Waals surface area contributed by atoms with E-state index in [-0.39, 0.29) is 25.5 Å². The number of carboxylic acids is 1. The van der Waals surface area contributed by atoms with E-state index in [0.717, 1.165) is 15.3 Å². The minimum atomic E-state index is -1.02. The molecule has 0 aliphatic rings. The molecule has 3 rings (SSSR count). The molecule has 3 aromatic rings. The number of carboxylic acid groups (broad SMARTS) is 1. The van der Waals surface area contributed by atoms with Crippen LogP contribution in [0.4, 0.5) is 4.79 Å². The van der Waals surface area contributed by atoms with Crippen LogP contribution in [0.15, 0.2) is 65.4 Å². The van der Waals surface area contributed by atoms with Gasteiger partial charge in [0.15, 0.2) is 0 Å². The smallest absolute Gasteiger partial charge is 0.407 e. The Hall–Kier alpha value is -3.17. The summed E-state index contributed by atoms with van der Waals surface area (Å²) in [4.78, 5) is 40.3. The number of unbranched alkanes of at least 4 members (excludes halogenated alkanes) is 1. The van der Waals surface area contributed by atoms with E-state index in [1.165, 1.54) is 27.6 Å². The van der Waals surface area contributed by atoms with Crippen molar-refractivity contribution >= 4 is 40.6 Å². The Morgan fingerprint density at radius 1 is 0.941 bits per heavy atom. The first-order chi connectivity index (χ1) is 16.5. The Kier molecular flexibility index (Phi) is 10.1. The quantitative estimate of drug-likeness (QED) is 0.325. The first-order valence-corrected chi connectivity index (χ1v) is 12.8. The highest BCUT2D eigenvalue weighted by Crippen LogP contribution is 2.20. The predicted molar refractivity (Wildman–Crippen MR) is 133 cm³/mol. The van der Waals surface area contributed by atoms with Gasteiger partial charge in [0.1, 0.15) is 12.6 Å². The maximum Gasteiger partial charge on any atom is 0.407 e. The van der Waals surface area contributed by atoms with Crippen LogP contribution in [0.2, 0.25) is 0 Å². The third-order valence-corrected chi connectivity index (χ3v) is 6.92. The normalized spacial score (nSPS) is 11.5. The molecule has 1 unspecified atom stereocenters. The number of aliphatic carboxylic acids is 1. The second kappa shape index (κ2) is 13.5. The molecule has 180 valence electrons. The minimum Gasteiger partial charge on any atom is -0.480 e. The third kappa shape index (κ3) is 8.31. The zero-order chi connectivity index (χ0) is 24.2. The zero-order valence-corrected chi connectivity index (χ0v) is 20.4. The van der Waals surface area contributed by atoms with Gasteiger partial charge < -0.3 is 20.1 Å². The number of ether oxygens (including phenoxy) is 1. The van der Waals surface area contributed by atoms with Crippen molar-refractivity contribution < 1.29 is 24.2 Å². The molecule has 0 saturated heterocycles. The fourth-order valence-electron chi connectivity index (χ4n) is 3.45. The van der Waals surface area contributed by atoms with Gasteiger partial charge in [0.25, 0.3) is 0 Å². The molecule has 0 fully saturated rings. The highest BCUT2D eigenvalue weighted by Gasteiger charge is 2.29. The van der Waals surface area contributed by atoms with E-state index in [0.29, 0.717) is 25.8 Å². The van der Waals surface area contributed by atoms with Gasteiger partial charge in [-0.05, 0) is 47.7 Å². The van der Waals surface area contributed by atoms with Crippen molar-refractivity contribution in [2.75, 3.05) is 6.54 Å². The molecule has 0 aliphatic heterocycles. The lowest BCUT2D eigenvalue weighted by molar-refractivity contribution is -0.150. The van der Waals surface area contributed by atoms with E-state index in [2.05, 4.69) is 5.32 Å². The number of rotatable bonds is 13. The lowest BCUT2D eigenvalue weighted by Gasteiger charge is -2.29. The summed E-state index contributed by atoms with van der Waals surface area (Å²) in [5.41, 5.74) is 0.903. The van der Waals surface area contributed by atoms with Crippen molar-refractivity contribution in [3.63, 3.8) is 0 Å². The lowest BCUT2D eigenvalue weighted by atomic mass is 10.1. The summed E-state index contributed by atoms with van der Waals surface area (Å²) < 4.78 is 5.18. The van der Waals surface area contributed by atoms with Crippen LogP contribution in [0.5, 0.6) is 0 Å². The summed E-state index contributed by atoms with van der Waals surface area (Å²) in [7, 11) is 0. The van der Waals surface area contributed by atoms with Crippen molar-refractivity contribution in [2.24, 2.45) is 0 Å². The molecule has 1 aromatic carbocycles. The fraction of sp³-hybridized carbons (Fsp3) is 0.320. The Morgan fingerprint density at radius 2 is 1.65 bits per heavy atom. The molecule has 2 heterocycles. The Labute approximate surface area is 207 Å². The van der Waals surface area contributed by atoms with Gasteiger partial charge in [-0.1, -0.05) is 42.5 Å². The van der Waals surface area contributed by atoms with Crippen molar-refractivity contribution in [3.05, 3.63) is 80.7 Å². The maximum atomic E-state index is 13.1. The second-order valence-electron chi connectivity index (χ2n) is 7.70. The predicted octanol–water partition coefficient (Wildman–Crippen LogP) is 4.93. The molecule has 7 nitrogen and oxygen atoms in total. The first kappa shape index (κ1) is 25.5. The van der Waals surface area contributed by atoms with Gasteiger partial charge in [-0.15, -0.1) is 22.7 Å². The van der Waals surface area contributed by atoms with Crippen LogP contribution in [-0.4, -0.2) is 40.6 Å². The second-order valence-corrected chi connectivity index (χ2v) is 9.76. The SMILES string of the molecule is O=C(NCCCCC(C(=O)O)N(Cc1cccs1)C(=O)Cc1cccs1)OCc1ccccc1. The van der Waals surface area contributed by atoms with Gasteiger partial charge in [0.2, 0.25) is 5.91 Å². The Morgan fingerprint density at radius 3 is 2.29 bits per heavy atom. The Bertz CT molecular complexity index is 1020. The van der Waals surface area contributed by atoms with Crippen molar-refractivity contribution in [1.29, 1.82) is 0 Å².